The highest BCUT2D eigenvalue weighted by atomic mass is 35.5. The number of aromatic nitrogens is 3. The van der Waals surface area contributed by atoms with E-state index in [0.29, 0.717) is 27.6 Å². The largest absolute Gasteiger partial charge is 0.478 e. The Morgan fingerprint density at radius 1 is 1.48 bits per heavy atom. The standard InChI is InChI=1S/C14H12ClN3O2S/c1-2-5-18-13-9(7-16-18)8(14(19)20)6-10(17-13)11-3-4-12(15)21-11/h3-4,6-7H,2,5H2,1H3,(H,19,20). The second-order valence-electron chi connectivity index (χ2n) is 4.57. The third-order valence-electron chi connectivity index (χ3n) is 3.10. The maximum absolute atomic E-state index is 11.5. The van der Waals surface area contributed by atoms with Crippen LogP contribution in [0.1, 0.15) is 23.7 Å². The van der Waals surface area contributed by atoms with Gasteiger partial charge >= 0.3 is 5.97 Å². The van der Waals surface area contributed by atoms with Gasteiger partial charge in [0.1, 0.15) is 0 Å². The Bertz CT molecular complexity index is 825. The summed E-state index contributed by atoms with van der Waals surface area (Å²) in [4.78, 5) is 16.9. The second kappa shape index (κ2) is 5.46. The van der Waals surface area contributed by atoms with Crippen LogP contribution in [0.2, 0.25) is 4.34 Å². The van der Waals surface area contributed by atoms with E-state index in [-0.39, 0.29) is 5.56 Å². The van der Waals surface area contributed by atoms with Crippen LogP contribution in [0, 0.1) is 0 Å². The maximum Gasteiger partial charge on any atom is 0.336 e. The highest BCUT2D eigenvalue weighted by molar-refractivity contribution is 7.19. The van der Waals surface area contributed by atoms with Crippen molar-refractivity contribution in [3.8, 4) is 10.6 Å². The monoisotopic (exact) mass is 321 g/mol. The summed E-state index contributed by atoms with van der Waals surface area (Å²) in [6.45, 7) is 2.73. The average Bonchev–Trinajstić information content (AvgIpc) is 3.05. The number of hydrogen-bond donors (Lipinski definition) is 1. The number of fused-ring (bicyclic) bond motifs is 1. The van der Waals surface area contributed by atoms with Gasteiger partial charge in [0.25, 0.3) is 0 Å². The zero-order chi connectivity index (χ0) is 15.0. The molecule has 0 amide bonds. The first-order chi connectivity index (χ1) is 10.1. The number of carbonyl (C=O) groups is 1. The molecule has 108 valence electrons. The molecule has 5 nitrogen and oxygen atoms in total. The van der Waals surface area contributed by atoms with Gasteiger partial charge in [0.2, 0.25) is 0 Å². The van der Waals surface area contributed by atoms with Crippen LogP contribution in [0.3, 0.4) is 0 Å². The van der Waals surface area contributed by atoms with Crippen LogP contribution in [0.15, 0.2) is 24.4 Å². The molecule has 1 N–H and O–H groups in total. The van der Waals surface area contributed by atoms with E-state index in [0.717, 1.165) is 11.3 Å². The van der Waals surface area contributed by atoms with E-state index >= 15 is 0 Å². The number of thiophene rings is 1. The molecule has 0 saturated heterocycles. The molecule has 21 heavy (non-hydrogen) atoms. The number of nitrogens with zero attached hydrogens (tertiary/aromatic N) is 3. The van der Waals surface area contributed by atoms with Crippen molar-refractivity contribution >= 4 is 39.9 Å². The molecule has 0 fully saturated rings. The Kier molecular flexibility index (Phi) is 3.65. The molecule has 0 aliphatic rings. The predicted octanol–water partition coefficient (Wildman–Crippen LogP) is 3.92. The van der Waals surface area contributed by atoms with E-state index in [4.69, 9.17) is 11.6 Å². The zero-order valence-corrected chi connectivity index (χ0v) is 12.8. The van der Waals surface area contributed by atoms with Gasteiger partial charge in [-0.2, -0.15) is 5.10 Å². The SMILES string of the molecule is CCCn1ncc2c(C(=O)O)cc(-c3ccc(Cl)s3)nc21. The van der Waals surface area contributed by atoms with E-state index in [1.165, 1.54) is 11.3 Å². The zero-order valence-electron chi connectivity index (χ0n) is 11.2. The van der Waals surface area contributed by atoms with Gasteiger partial charge in [-0.15, -0.1) is 11.3 Å². The Morgan fingerprint density at radius 3 is 2.90 bits per heavy atom. The summed E-state index contributed by atoms with van der Waals surface area (Å²) in [6, 6.07) is 5.19. The van der Waals surface area contributed by atoms with Crippen LogP contribution in [0.5, 0.6) is 0 Å². The summed E-state index contributed by atoms with van der Waals surface area (Å²) in [7, 11) is 0. The van der Waals surface area contributed by atoms with Crippen molar-refractivity contribution in [1.82, 2.24) is 14.8 Å². The van der Waals surface area contributed by atoms with Crippen LogP contribution in [0.25, 0.3) is 21.6 Å². The van der Waals surface area contributed by atoms with Gasteiger partial charge in [-0.25, -0.2) is 14.5 Å². The lowest BCUT2D eigenvalue weighted by Crippen LogP contribution is -2.03. The maximum atomic E-state index is 11.5. The summed E-state index contributed by atoms with van der Waals surface area (Å²) in [6.07, 6.45) is 2.46. The lowest BCUT2D eigenvalue weighted by Gasteiger charge is -2.04. The summed E-state index contributed by atoms with van der Waals surface area (Å²) in [5.41, 5.74) is 1.41. The number of aromatic carboxylic acids is 1. The lowest BCUT2D eigenvalue weighted by molar-refractivity contribution is 0.0699. The Morgan fingerprint density at radius 2 is 2.29 bits per heavy atom. The quantitative estimate of drug-likeness (QED) is 0.790. The van der Waals surface area contributed by atoms with E-state index in [2.05, 4.69) is 10.1 Å². The summed E-state index contributed by atoms with van der Waals surface area (Å²) < 4.78 is 2.38. The van der Waals surface area contributed by atoms with Crippen molar-refractivity contribution in [2.45, 2.75) is 19.9 Å². The van der Waals surface area contributed by atoms with Crippen molar-refractivity contribution in [2.24, 2.45) is 0 Å². The Hall–Kier alpha value is -1.92. The van der Waals surface area contributed by atoms with Crippen molar-refractivity contribution in [2.75, 3.05) is 0 Å². The first-order valence-corrected chi connectivity index (χ1v) is 7.65. The lowest BCUT2D eigenvalue weighted by atomic mass is 10.1. The second-order valence-corrected chi connectivity index (χ2v) is 6.28. The minimum Gasteiger partial charge on any atom is -0.478 e. The van der Waals surface area contributed by atoms with Crippen molar-refractivity contribution in [1.29, 1.82) is 0 Å². The molecule has 3 rings (SSSR count). The minimum absolute atomic E-state index is 0.210. The van der Waals surface area contributed by atoms with Gasteiger partial charge in [0.15, 0.2) is 5.65 Å². The van der Waals surface area contributed by atoms with Crippen molar-refractivity contribution in [3.63, 3.8) is 0 Å². The fraction of sp³-hybridized carbons (Fsp3) is 0.214. The molecule has 0 radical (unpaired) electrons. The molecule has 3 heterocycles. The summed E-state index contributed by atoms with van der Waals surface area (Å²) >= 11 is 7.32. The number of aryl methyl sites for hydroxylation is 1. The van der Waals surface area contributed by atoms with Crippen molar-refractivity contribution in [3.05, 3.63) is 34.3 Å². The number of halogens is 1. The van der Waals surface area contributed by atoms with E-state index < -0.39 is 5.97 Å². The van der Waals surface area contributed by atoms with Gasteiger partial charge < -0.3 is 5.11 Å². The molecule has 0 aromatic carbocycles. The first kappa shape index (κ1) is 14.0. The van der Waals surface area contributed by atoms with E-state index in [1.54, 1.807) is 23.0 Å². The minimum atomic E-state index is -0.984. The van der Waals surface area contributed by atoms with Crippen LogP contribution < -0.4 is 0 Å². The molecule has 0 aliphatic heterocycles. The Balaban J connectivity index is 2.26. The predicted molar refractivity (Wildman–Crippen MR) is 83.1 cm³/mol. The summed E-state index contributed by atoms with van der Waals surface area (Å²) in [5, 5.41) is 14.2. The van der Waals surface area contributed by atoms with E-state index in [1.807, 2.05) is 13.0 Å². The van der Waals surface area contributed by atoms with Crippen molar-refractivity contribution < 1.29 is 9.90 Å². The van der Waals surface area contributed by atoms with Crippen LogP contribution >= 0.6 is 22.9 Å². The molecule has 7 heteroatoms. The first-order valence-electron chi connectivity index (χ1n) is 6.45. The fourth-order valence-electron chi connectivity index (χ4n) is 2.18. The number of carboxylic acid groups (broad SMARTS) is 1. The topological polar surface area (TPSA) is 68.0 Å². The van der Waals surface area contributed by atoms with Gasteiger partial charge in [-0.3, -0.25) is 0 Å². The average molecular weight is 322 g/mol. The van der Waals surface area contributed by atoms with Gasteiger partial charge in [0.05, 0.1) is 32.1 Å². The molecular formula is C14H12ClN3O2S. The molecule has 0 spiro atoms. The molecule has 0 saturated carbocycles. The van der Waals surface area contributed by atoms with Crippen LogP contribution in [0.4, 0.5) is 0 Å². The third kappa shape index (κ3) is 2.52. The number of carboxylic acids is 1. The number of hydrogen-bond acceptors (Lipinski definition) is 4. The molecule has 0 atom stereocenters. The van der Waals surface area contributed by atoms with Crippen LogP contribution in [-0.4, -0.2) is 25.8 Å². The molecule has 3 aromatic heterocycles. The third-order valence-corrected chi connectivity index (χ3v) is 4.35. The molecule has 3 aromatic rings. The smallest absolute Gasteiger partial charge is 0.336 e. The highest BCUT2D eigenvalue weighted by Crippen LogP contribution is 2.32. The number of rotatable bonds is 4. The highest BCUT2D eigenvalue weighted by Gasteiger charge is 2.17. The Labute approximate surface area is 129 Å². The molecule has 0 aliphatic carbocycles. The van der Waals surface area contributed by atoms with Gasteiger partial charge in [0, 0.05) is 6.54 Å². The van der Waals surface area contributed by atoms with Gasteiger partial charge in [-0.05, 0) is 24.6 Å². The molecule has 0 unspecified atom stereocenters. The summed E-state index contributed by atoms with van der Waals surface area (Å²) in [5.74, 6) is -0.984. The van der Waals surface area contributed by atoms with Gasteiger partial charge in [-0.1, -0.05) is 18.5 Å². The molecular weight excluding hydrogens is 310 g/mol. The van der Waals surface area contributed by atoms with Crippen LogP contribution in [-0.2, 0) is 6.54 Å². The normalized spacial score (nSPS) is 11.1. The molecule has 0 bridgehead atoms. The van der Waals surface area contributed by atoms with E-state index in [9.17, 15) is 9.90 Å². The fourth-order valence-corrected chi connectivity index (χ4v) is 3.18. The number of pyridine rings is 1.